The molecule has 0 spiro atoms. The van der Waals surface area contributed by atoms with Gasteiger partial charge in [0.25, 0.3) is 0 Å². The van der Waals surface area contributed by atoms with Crippen LogP contribution >= 0.6 is 0 Å². The fourth-order valence-electron chi connectivity index (χ4n) is 1.25. The van der Waals surface area contributed by atoms with Gasteiger partial charge in [-0.25, -0.2) is 0 Å². The van der Waals surface area contributed by atoms with E-state index >= 15 is 0 Å². The van der Waals surface area contributed by atoms with Gasteiger partial charge in [0.2, 0.25) is 0 Å². The van der Waals surface area contributed by atoms with E-state index in [-0.39, 0.29) is 5.41 Å². The highest BCUT2D eigenvalue weighted by atomic mass is 16.5. The summed E-state index contributed by atoms with van der Waals surface area (Å²) >= 11 is 0. The van der Waals surface area contributed by atoms with Gasteiger partial charge in [-0.3, -0.25) is 0 Å². The Balaban J connectivity index is 2.38. The molecule has 15 heavy (non-hydrogen) atoms. The molecule has 0 atom stereocenters. The predicted molar refractivity (Wildman–Crippen MR) is 63.4 cm³/mol. The van der Waals surface area contributed by atoms with Crippen LogP contribution in [-0.2, 0) is 17.9 Å². The Bertz CT molecular complexity index is 284. The summed E-state index contributed by atoms with van der Waals surface area (Å²) in [5.41, 5.74) is 8.13. The number of benzene rings is 1. The summed E-state index contributed by atoms with van der Waals surface area (Å²) < 4.78 is 5.63. The quantitative estimate of drug-likeness (QED) is 0.824. The molecular weight excluding hydrogens is 186 g/mol. The molecule has 0 heterocycles. The van der Waals surface area contributed by atoms with Gasteiger partial charge in [-0.1, -0.05) is 45.0 Å². The zero-order valence-corrected chi connectivity index (χ0v) is 9.92. The summed E-state index contributed by atoms with van der Waals surface area (Å²) in [4.78, 5) is 0. The van der Waals surface area contributed by atoms with Gasteiger partial charge in [-0.2, -0.15) is 0 Å². The minimum Gasteiger partial charge on any atom is -0.376 e. The van der Waals surface area contributed by atoms with E-state index in [1.54, 1.807) is 0 Å². The van der Waals surface area contributed by atoms with Gasteiger partial charge in [-0.15, -0.1) is 0 Å². The Morgan fingerprint density at radius 1 is 1.07 bits per heavy atom. The molecule has 0 aliphatic rings. The minimum atomic E-state index is 0.233. The molecule has 2 N–H and O–H groups in total. The second-order valence-corrected chi connectivity index (χ2v) is 5.07. The average molecular weight is 207 g/mol. The van der Waals surface area contributed by atoms with Crippen LogP contribution in [0.2, 0.25) is 0 Å². The molecule has 0 aromatic heterocycles. The van der Waals surface area contributed by atoms with Crippen molar-refractivity contribution in [3.63, 3.8) is 0 Å². The smallest absolute Gasteiger partial charge is 0.0717 e. The van der Waals surface area contributed by atoms with Crippen LogP contribution in [0.4, 0.5) is 0 Å². The highest BCUT2D eigenvalue weighted by Crippen LogP contribution is 2.14. The van der Waals surface area contributed by atoms with Gasteiger partial charge >= 0.3 is 0 Å². The highest BCUT2D eigenvalue weighted by molar-refractivity contribution is 5.21. The normalized spacial score (nSPS) is 11.7. The standard InChI is InChI=1S/C13H21NO/c1-13(2,3)10-15-9-12-6-4-11(8-14)5-7-12/h4-7H,8-10,14H2,1-3H3. The summed E-state index contributed by atoms with van der Waals surface area (Å²) in [7, 11) is 0. The van der Waals surface area contributed by atoms with Crippen LogP contribution in [0.5, 0.6) is 0 Å². The average Bonchev–Trinajstić information content (AvgIpc) is 2.17. The Kier molecular flexibility index (Phi) is 4.30. The van der Waals surface area contributed by atoms with Crippen molar-refractivity contribution < 1.29 is 4.74 Å². The molecule has 1 rings (SSSR count). The number of hydrogen-bond donors (Lipinski definition) is 1. The van der Waals surface area contributed by atoms with Crippen LogP contribution in [0.25, 0.3) is 0 Å². The first-order valence-corrected chi connectivity index (χ1v) is 5.37. The molecule has 2 nitrogen and oxygen atoms in total. The second kappa shape index (κ2) is 5.29. The summed E-state index contributed by atoms with van der Waals surface area (Å²) in [5, 5.41) is 0. The van der Waals surface area contributed by atoms with E-state index in [9.17, 15) is 0 Å². The maximum Gasteiger partial charge on any atom is 0.0717 e. The summed E-state index contributed by atoms with van der Waals surface area (Å²) in [6.45, 7) is 8.58. The van der Waals surface area contributed by atoms with Crippen molar-refractivity contribution in [1.29, 1.82) is 0 Å². The van der Waals surface area contributed by atoms with Gasteiger partial charge in [0.1, 0.15) is 0 Å². The molecule has 0 saturated carbocycles. The van der Waals surface area contributed by atoms with Crippen LogP contribution in [0.15, 0.2) is 24.3 Å². The molecule has 0 saturated heterocycles. The third-order valence-corrected chi connectivity index (χ3v) is 2.06. The third kappa shape index (κ3) is 4.96. The van der Waals surface area contributed by atoms with Gasteiger partial charge < -0.3 is 10.5 Å². The largest absolute Gasteiger partial charge is 0.376 e. The van der Waals surface area contributed by atoms with Crippen molar-refractivity contribution in [3.8, 4) is 0 Å². The van der Waals surface area contributed by atoms with Gasteiger partial charge in [0, 0.05) is 6.54 Å². The maximum atomic E-state index is 5.63. The maximum absolute atomic E-state index is 5.63. The van der Waals surface area contributed by atoms with E-state index in [2.05, 4.69) is 45.0 Å². The monoisotopic (exact) mass is 207 g/mol. The van der Waals surface area contributed by atoms with Crippen molar-refractivity contribution in [3.05, 3.63) is 35.4 Å². The topological polar surface area (TPSA) is 35.2 Å². The first kappa shape index (κ1) is 12.2. The van der Waals surface area contributed by atoms with Crippen LogP contribution in [-0.4, -0.2) is 6.61 Å². The lowest BCUT2D eigenvalue weighted by Crippen LogP contribution is -2.14. The van der Waals surface area contributed by atoms with Gasteiger partial charge in [0.15, 0.2) is 0 Å². The zero-order chi connectivity index (χ0) is 11.3. The lowest BCUT2D eigenvalue weighted by atomic mass is 9.99. The summed E-state index contributed by atoms with van der Waals surface area (Å²) in [6.07, 6.45) is 0. The minimum absolute atomic E-state index is 0.233. The first-order valence-electron chi connectivity index (χ1n) is 5.37. The molecule has 0 aliphatic heterocycles. The molecule has 0 radical (unpaired) electrons. The fraction of sp³-hybridized carbons (Fsp3) is 0.538. The lowest BCUT2D eigenvalue weighted by molar-refractivity contribution is 0.0599. The zero-order valence-electron chi connectivity index (χ0n) is 9.92. The Labute approximate surface area is 92.4 Å². The molecule has 84 valence electrons. The molecule has 2 heteroatoms. The fourth-order valence-corrected chi connectivity index (χ4v) is 1.25. The Morgan fingerprint density at radius 2 is 1.60 bits per heavy atom. The van der Waals surface area contributed by atoms with Crippen LogP contribution in [0, 0.1) is 5.41 Å². The van der Waals surface area contributed by atoms with Crippen molar-refractivity contribution in [2.75, 3.05) is 6.61 Å². The van der Waals surface area contributed by atoms with Crippen LogP contribution in [0.3, 0.4) is 0 Å². The molecule has 0 fully saturated rings. The number of ether oxygens (including phenoxy) is 1. The Hall–Kier alpha value is -0.860. The Morgan fingerprint density at radius 3 is 2.07 bits per heavy atom. The van der Waals surface area contributed by atoms with Crippen LogP contribution < -0.4 is 5.73 Å². The first-order chi connectivity index (χ1) is 7.01. The molecule has 1 aromatic rings. The van der Waals surface area contributed by atoms with E-state index in [4.69, 9.17) is 10.5 Å². The van der Waals surface area contributed by atoms with Crippen molar-refractivity contribution in [2.24, 2.45) is 11.1 Å². The molecular formula is C13H21NO. The number of rotatable bonds is 4. The van der Waals surface area contributed by atoms with Crippen molar-refractivity contribution in [2.45, 2.75) is 33.9 Å². The van der Waals surface area contributed by atoms with E-state index in [1.165, 1.54) is 5.56 Å². The molecule has 0 bridgehead atoms. The van der Waals surface area contributed by atoms with Crippen molar-refractivity contribution >= 4 is 0 Å². The molecule has 0 unspecified atom stereocenters. The van der Waals surface area contributed by atoms with E-state index in [0.717, 1.165) is 12.2 Å². The number of hydrogen-bond acceptors (Lipinski definition) is 2. The molecule has 0 aliphatic carbocycles. The SMILES string of the molecule is CC(C)(C)COCc1ccc(CN)cc1. The molecule has 1 aromatic carbocycles. The summed E-state index contributed by atoms with van der Waals surface area (Å²) in [6, 6.07) is 8.25. The lowest BCUT2D eigenvalue weighted by Gasteiger charge is -2.18. The molecule has 0 amide bonds. The predicted octanol–water partition coefficient (Wildman–Crippen LogP) is 2.71. The van der Waals surface area contributed by atoms with E-state index < -0.39 is 0 Å². The van der Waals surface area contributed by atoms with Crippen molar-refractivity contribution in [1.82, 2.24) is 0 Å². The number of nitrogens with two attached hydrogens (primary N) is 1. The summed E-state index contributed by atoms with van der Waals surface area (Å²) in [5.74, 6) is 0. The van der Waals surface area contributed by atoms with Crippen LogP contribution in [0.1, 0.15) is 31.9 Å². The second-order valence-electron chi connectivity index (χ2n) is 5.07. The third-order valence-electron chi connectivity index (χ3n) is 2.06. The van der Waals surface area contributed by atoms with Gasteiger partial charge in [0.05, 0.1) is 13.2 Å². The van der Waals surface area contributed by atoms with Gasteiger partial charge in [-0.05, 0) is 16.5 Å². The van der Waals surface area contributed by atoms with E-state index in [0.29, 0.717) is 13.2 Å². The highest BCUT2D eigenvalue weighted by Gasteiger charge is 2.09. The van der Waals surface area contributed by atoms with E-state index in [1.807, 2.05) is 0 Å².